The second-order valence-corrected chi connectivity index (χ2v) is 7.52. The molecule has 1 aliphatic rings. The van der Waals surface area contributed by atoms with E-state index < -0.39 is 6.04 Å². The van der Waals surface area contributed by atoms with Crippen molar-refractivity contribution in [1.82, 2.24) is 9.97 Å². The lowest BCUT2D eigenvalue weighted by molar-refractivity contribution is -0.110. The van der Waals surface area contributed by atoms with Gasteiger partial charge in [0.2, 0.25) is 5.95 Å². The molecule has 0 bridgehead atoms. The largest absolute Gasteiger partial charge is 0.368 e. The van der Waals surface area contributed by atoms with Crippen LogP contribution in [0.2, 0.25) is 0 Å². The summed E-state index contributed by atoms with van der Waals surface area (Å²) < 4.78 is 0. The molecule has 0 amide bonds. The van der Waals surface area contributed by atoms with Crippen molar-refractivity contribution in [3.8, 4) is 0 Å². The number of carbonyl (C=O) groups is 1. The molecule has 138 valence electrons. The number of nitrogens with two attached hydrogens (primary N) is 1. The van der Waals surface area contributed by atoms with Crippen molar-refractivity contribution < 1.29 is 4.79 Å². The zero-order valence-electron chi connectivity index (χ0n) is 15.5. The molecule has 1 fully saturated rings. The van der Waals surface area contributed by atoms with Gasteiger partial charge in [0, 0.05) is 44.3 Å². The lowest BCUT2D eigenvalue weighted by Gasteiger charge is -2.36. The minimum Gasteiger partial charge on any atom is -0.368 e. The Morgan fingerprint density at radius 3 is 2.23 bits per heavy atom. The van der Waals surface area contributed by atoms with Gasteiger partial charge in [0.05, 0.1) is 6.04 Å². The summed E-state index contributed by atoms with van der Waals surface area (Å²) in [5.74, 6) is 0.802. The van der Waals surface area contributed by atoms with E-state index in [2.05, 4.69) is 44.0 Å². The Morgan fingerprint density at radius 1 is 1.08 bits per heavy atom. The van der Waals surface area contributed by atoms with Crippen molar-refractivity contribution in [2.45, 2.75) is 26.3 Å². The molecule has 1 aliphatic heterocycles. The van der Waals surface area contributed by atoms with E-state index in [0.29, 0.717) is 0 Å². The van der Waals surface area contributed by atoms with E-state index in [1.165, 1.54) is 11.3 Å². The van der Waals surface area contributed by atoms with E-state index in [4.69, 9.17) is 5.73 Å². The molecule has 1 aromatic carbocycles. The van der Waals surface area contributed by atoms with Gasteiger partial charge < -0.3 is 20.3 Å². The third-order valence-corrected chi connectivity index (χ3v) is 5.12. The van der Waals surface area contributed by atoms with Crippen LogP contribution in [0.1, 0.15) is 19.4 Å². The highest BCUT2D eigenvalue weighted by Crippen LogP contribution is 2.26. The van der Waals surface area contributed by atoms with Crippen LogP contribution in [0.3, 0.4) is 0 Å². The first-order chi connectivity index (χ1) is 12.5. The molecule has 3 rings (SSSR count). The number of carbonyl (C=O) groups excluding carboxylic acids is 1. The average molecular weight is 353 g/mol. The smallest absolute Gasteiger partial charge is 0.225 e. The average Bonchev–Trinajstić information content (AvgIpc) is 2.68. The Labute approximate surface area is 155 Å². The predicted octanol–water partition coefficient (Wildman–Crippen LogP) is 1.90. The summed E-state index contributed by atoms with van der Waals surface area (Å²) in [4.78, 5) is 24.2. The molecule has 2 N–H and O–H groups in total. The Kier molecular flexibility index (Phi) is 5.52. The first-order valence-electron chi connectivity index (χ1n) is 9.06. The second-order valence-electron chi connectivity index (χ2n) is 7.52. The topological polar surface area (TPSA) is 75.3 Å². The summed E-state index contributed by atoms with van der Waals surface area (Å²) in [6.07, 6.45) is 5.19. The van der Waals surface area contributed by atoms with Crippen molar-refractivity contribution in [3.05, 3.63) is 48.3 Å². The van der Waals surface area contributed by atoms with Crippen LogP contribution in [0.5, 0.6) is 0 Å². The number of rotatable bonds is 6. The number of hydrogen-bond acceptors (Lipinski definition) is 6. The van der Waals surface area contributed by atoms with Crippen molar-refractivity contribution >= 4 is 17.9 Å². The molecule has 6 nitrogen and oxygen atoms in total. The van der Waals surface area contributed by atoms with Gasteiger partial charge in [-0.1, -0.05) is 26.0 Å². The van der Waals surface area contributed by atoms with Crippen LogP contribution in [0.25, 0.3) is 0 Å². The van der Waals surface area contributed by atoms with Gasteiger partial charge in [-0.15, -0.1) is 0 Å². The van der Waals surface area contributed by atoms with Gasteiger partial charge in [0.15, 0.2) is 0 Å². The van der Waals surface area contributed by atoms with Crippen molar-refractivity contribution in [2.75, 3.05) is 36.0 Å². The molecule has 0 radical (unpaired) electrons. The van der Waals surface area contributed by atoms with Crippen LogP contribution in [0.15, 0.2) is 42.7 Å². The number of piperazine rings is 1. The normalized spacial score (nSPS) is 16.4. The Balaban J connectivity index is 1.59. The predicted molar refractivity (Wildman–Crippen MR) is 104 cm³/mol. The van der Waals surface area contributed by atoms with Crippen LogP contribution in [0, 0.1) is 5.41 Å². The number of aromatic nitrogens is 2. The molecule has 1 aromatic heterocycles. The van der Waals surface area contributed by atoms with Crippen LogP contribution >= 0.6 is 0 Å². The summed E-state index contributed by atoms with van der Waals surface area (Å²) in [6, 6.07) is 9.99. The first-order valence-corrected chi connectivity index (χ1v) is 9.06. The number of aldehydes is 1. The third kappa shape index (κ3) is 4.19. The Morgan fingerprint density at radius 2 is 1.65 bits per heavy atom. The van der Waals surface area contributed by atoms with Crippen LogP contribution in [-0.4, -0.2) is 48.5 Å². The van der Waals surface area contributed by atoms with Gasteiger partial charge in [0.1, 0.15) is 6.29 Å². The molecule has 2 heterocycles. The van der Waals surface area contributed by atoms with Crippen LogP contribution < -0.4 is 15.5 Å². The maximum absolute atomic E-state index is 11.0. The molecule has 6 heteroatoms. The zero-order chi connectivity index (χ0) is 18.6. The van der Waals surface area contributed by atoms with Gasteiger partial charge in [-0.3, -0.25) is 0 Å². The fourth-order valence-electron chi connectivity index (χ4n) is 3.27. The Hall–Kier alpha value is -2.47. The lowest BCUT2D eigenvalue weighted by atomic mass is 9.80. The molecular weight excluding hydrogens is 326 g/mol. The number of benzene rings is 1. The van der Waals surface area contributed by atoms with Gasteiger partial charge in [-0.2, -0.15) is 0 Å². The minimum absolute atomic E-state index is 0.245. The van der Waals surface area contributed by atoms with Gasteiger partial charge >= 0.3 is 0 Å². The maximum Gasteiger partial charge on any atom is 0.225 e. The van der Waals surface area contributed by atoms with Crippen molar-refractivity contribution in [2.24, 2.45) is 11.1 Å². The summed E-state index contributed by atoms with van der Waals surface area (Å²) in [7, 11) is 0. The highest BCUT2D eigenvalue weighted by Gasteiger charge is 2.26. The van der Waals surface area contributed by atoms with E-state index in [1.54, 1.807) is 12.4 Å². The molecule has 0 saturated carbocycles. The second kappa shape index (κ2) is 7.83. The molecule has 2 aromatic rings. The number of hydrogen-bond donors (Lipinski definition) is 1. The molecule has 26 heavy (non-hydrogen) atoms. The fourth-order valence-corrected chi connectivity index (χ4v) is 3.27. The highest BCUT2D eigenvalue weighted by atomic mass is 16.1. The lowest BCUT2D eigenvalue weighted by Crippen LogP contribution is -2.47. The van der Waals surface area contributed by atoms with E-state index in [1.807, 2.05) is 19.9 Å². The van der Waals surface area contributed by atoms with Gasteiger partial charge in [0.25, 0.3) is 0 Å². The minimum atomic E-state index is -0.449. The molecule has 0 aliphatic carbocycles. The molecule has 1 unspecified atom stereocenters. The van der Waals surface area contributed by atoms with Crippen molar-refractivity contribution in [1.29, 1.82) is 0 Å². The maximum atomic E-state index is 11.0. The molecule has 1 atom stereocenters. The Bertz CT molecular complexity index is 709. The SMILES string of the molecule is CC(C)(Cc1ccc(N2CCN(c3ncccn3)CC2)cc1)C(N)C=O. The number of anilines is 2. The standard InChI is InChI=1S/C20H27N5O/c1-20(2,18(21)15-26)14-16-4-6-17(7-5-16)24-10-12-25(13-11-24)19-22-8-3-9-23-19/h3-9,15,18H,10-14,21H2,1-2H3. The molecular formula is C20H27N5O. The van der Waals surface area contributed by atoms with Gasteiger partial charge in [-0.25, -0.2) is 9.97 Å². The highest BCUT2D eigenvalue weighted by molar-refractivity contribution is 5.59. The molecule has 1 saturated heterocycles. The van der Waals surface area contributed by atoms with Gasteiger partial charge in [-0.05, 0) is 35.6 Å². The fraction of sp³-hybridized carbons (Fsp3) is 0.450. The van der Waals surface area contributed by atoms with E-state index >= 15 is 0 Å². The summed E-state index contributed by atoms with van der Waals surface area (Å²) in [6.45, 7) is 7.77. The van der Waals surface area contributed by atoms with Crippen LogP contribution in [0.4, 0.5) is 11.6 Å². The number of nitrogens with zero attached hydrogens (tertiary/aromatic N) is 4. The molecule has 0 spiro atoms. The van der Waals surface area contributed by atoms with Crippen LogP contribution in [-0.2, 0) is 11.2 Å². The monoisotopic (exact) mass is 353 g/mol. The summed E-state index contributed by atoms with van der Waals surface area (Å²) in [5, 5.41) is 0. The third-order valence-electron chi connectivity index (χ3n) is 5.12. The van der Waals surface area contributed by atoms with E-state index in [0.717, 1.165) is 44.8 Å². The summed E-state index contributed by atoms with van der Waals surface area (Å²) in [5.41, 5.74) is 8.09. The first kappa shape index (κ1) is 18.3. The van der Waals surface area contributed by atoms with Crippen molar-refractivity contribution in [3.63, 3.8) is 0 Å². The van der Waals surface area contributed by atoms with E-state index in [-0.39, 0.29) is 5.41 Å². The zero-order valence-corrected chi connectivity index (χ0v) is 15.5. The van der Waals surface area contributed by atoms with E-state index in [9.17, 15) is 4.79 Å². The quantitative estimate of drug-likeness (QED) is 0.800. The summed E-state index contributed by atoms with van der Waals surface area (Å²) >= 11 is 0.